The molecule has 0 spiro atoms. The molecule has 0 saturated carbocycles. The van der Waals surface area contributed by atoms with E-state index in [2.05, 4.69) is 9.46 Å². The summed E-state index contributed by atoms with van der Waals surface area (Å²) in [6, 6.07) is 11.9. The summed E-state index contributed by atoms with van der Waals surface area (Å²) >= 11 is 0. The molecule has 0 aliphatic heterocycles. The van der Waals surface area contributed by atoms with E-state index < -0.39 is 10.0 Å². The molecule has 6 nitrogen and oxygen atoms in total. The SMILES string of the molecule is COC(=O)Cc1ccc2c(c1)CC(NS(=O)(=O)c1ccc(OC)cc1)C2. The molecule has 0 saturated heterocycles. The number of esters is 1. The van der Waals surface area contributed by atoms with Crippen LogP contribution in [0, 0.1) is 0 Å². The number of hydrogen-bond donors (Lipinski definition) is 1. The molecule has 1 aliphatic rings. The first-order chi connectivity index (χ1) is 12.4. The van der Waals surface area contributed by atoms with Crippen LogP contribution in [0.5, 0.6) is 5.75 Å². The lowest BCUT2D eigenvalue weighted by Crippen LogP contribution is -2.35. The number of nitrogens with one attached hydrogen (secondary N) is 1. The van der Waals surface area contributed by atoms with Crippen molar-refractivity contribution in [1.82, 2.24) is 4.72 Å². The van der Waals surface area contributed by atoms with Gasteiger partial charge in [0.25, 0.3) is 0 Å². The monoisotopic (exact) mass is 375 g/mol. The van der Waals surface area contributed by atoms with Crippen molar-refractivity contribution in [3.05, 3.63) is 59.2 Å². The fourth-order valence-electron chi connectivity index (χ4n) is 3.15. The largest absolute Gasteiger partial charge is 0.497 e. The van der Waals surface area contributed by atoms with Crippen LogP contribution in [-0.2, 0) is 38.8 Å². The van der Waals surface area contributed by atoms with Crippen LogP contribution in [0.15, 0.2) is 47.4 Å². The summed E-state index contributed by atoms with van der Waals surface area (Å²) in [5.41, 5.74) is 3.03. The number of hydrogen-bond acceptors (Lipinski definition) is 5. The number of carbonyl (C=O) groups excluding carboxylic acids is 1. The Hall–Kier alpha value is -2.38. The maximum absolute atomic E-state index is 12.6. The topological polar surface area (TPSA) is 81.7 Å². The van der Waals surface area contributed by atoms with Crippen LogP contribution in [-0.4, -0.2) is 34.6 Å². The smallest absolute Gasteiger partial charge is 0.309 e. The first-order valence-corrected chi connectivity index (χ1v) is 9.73. The van der Waals surface area contributed by atoms with Crippen molar-refractivity contribution in [2.75, 3.05) is 14.2 Å². The number of rotatable bonds is 6. The third kappa shape index (κ3) is 4.05. The second-order valence-corrected chi connectivity index (χ2v) is 7.97. The molecule has 1 aliphatic carbocycles. The van der Waals surface area contributed by atoms with Gasteiger partial charge in [0.2, 0.25) is 10.0 Å². The summed E-state index contributed by atoms with van der Waals surface area (Å²) in [7, 11) is -0.705. The lowest BCUT2D eigenvalue weighted by Gasteiger charge is -2.13. The van der Waals surface area contributed by atoms with Crippen LogP contribution in [0.25, 0.3) is 0 Å². The number of carbonyl (C=O) groups is 1. The molecule has 7 heteroatoms. The molecule has 26 heavy (non-hydrogen) atoms. The van der Waals surface area contributed by atoms with Gasteiger partial charge in [-0.25, -0.2) is 13.1 Å². The number of sulfonamides is 1. The zero-order valence-corrected chi connectivity index (χ0v) is 15.5. The molecule has 2 aromatic rings. The number of methoxy groups -OCH3 is 2. The molecule has 0 radical (unpaired) electrons. The van der Waals surface area contributed by atoms with Crippen LogP contribution in [0.2, 0.25) is 0 Å². The number of ether oxygens (including phenoxy) is 2. The summed E-state index contributed by atoms with van der Waals surface area (Å²) in [4.78, 5) is 11.6. The van der Waals surface area contributed by atoms with Gasteiger partial charge in [-0.15, -0.1) is 0 Å². The highest BCUT2D eigenvalue weighted by Crippen LogP contribution is 2.25. The first-order valence-electron chi connectivity index (χ1n) is 8.25. The Morgan fingerprint density at radius 2 is 1.77 bits per heavy atom. The molecule has 138 valence electrons. The van der Waals surface area contributed by atoms with Crippen LogP contribution >= 0.6 is 0 Å². The fourth-order valence-corrected chi connectivity index (χ4v) is 4.38. The summed E-state index contributed by atoms with van der Waals surface area (Å²) < 4.78 is 37.7. The third-order valence-electron chi connectivity index (χ3n) is 4.47. The Balaban J connectivity index is 1.70. The molecule has 2 aromatic carbocycles. The molecule has 1 atom stereocenters. The normalized spacial score (nSPS) is 16.2. The first kappa shape index (κ1) is 18.4. The van der Waals surface area contributed by atoms with Gasteiger partial charge in [0.05, 0.1) is 25.5 Å². The number of benzene rings is 2. The highest BCUT2D eigenvalue weighted by atomic mass is 32.2. The van der Waals surface area contributed by atoms with Crippen molar-refractivity contribution in [1.29, 1.82) is 0 Å². The van der Waals surface area contributed by atoms with E-state index in [9.17, 15) is 13.2 Å². The van der Waals surface area contributed by atoms with Crippen molar-refractivity contribution in [2.24, 2.45) is 0 Å². The number of fused-ring (bicyclic) bond motifs is 1. The molecule has 1 unspecified atom stereocenters. The Bertz CT molecular complexity index is 906. The van der Waals surface area contributed by atoms with Crippen molar-refractivity contribution in [2.45, 2.75) is 30.2 Å². The van der Waals surface area contributed by atoms with E-state index in [1.54, 1.807) is 12.1 Å². The van der Waals surface area contributed by atoms with E-state index in [0.29, 0.717) is 18.6 Å². The average Bonchev–Trinajstić information content (AvgIpc) is 3.02. The van der Waals surface area contributed by atoms with Crippen LogP contribution in [0.3, 0.4) is 0 Å². The molecule has 3 rings (SSSR count). The zero-order chi connectivity index (χ0) is 18.7. The van der Waals surface area contributed by atoms with Crippen LogP contribution in [0.1, 0.15) is 16.7 Å². The standard InChI is InChI=1S/C19H21NO5S/c1-24-17-5-7-18(8-6-17)26(22,23)20-16-11-14-4-3-13(9-15(14)12-16)10-19(21)25-2/h3-9,16,20H,10-12H2,1-2H3. The van der Waals surface area contributed by atoms with Crippen LogP contribution < -0.4 is 9.46 Å². The van der Waals surface area contributed by atoms with E-state index in [-0.39, 0.29) is 23.3 Å². The quantitative estimate of drug-likeness (QED) is 0.780. The van der Waals surface area contributed by atoms with Crippen molar-refractivity contribution in [3.63, 3.8) is 0 Å². The molecular formula is C19H21NO5S. The molecular weight excluding hydrogens is 354 g/mol. The van der Waals surface area contributed by atoms with Gasteiger partial charge in [-0.1, -0.05) is 18.2 Å². The third-order valence-corrected chi connectivity index (χ3v) is 6.01. The van der Waals surface area contributed by atoms with Crippen molar-refractivity contribution >= 4 is 16.0 Å². The minimum Gasteiger partial charge on any atom is -0.497 e. The predicted octanol–water partition coefficient (Wildman–Crippen LogP) is 1.86. The highest BCUT2D eigenvalue weighted by Gasteiger charge is 2.27. The maximum atomic E-state index is 12.6. The van der Waals surface area contributed by atoms with Gasteiger partial charge in [-0.05, 0) is 53.8 Å². The molecule has 0 heterocycles. The van der Waals surface area contributed by atoms with Crippen LogP contribution in [0.4, 0.5) is 0 Å². The summed E-state index contributed by atoms with van der Waals surface area (Å²) in [5, 5.41) is 0. The predicted molar refractivity (Wildman–Crippen MR) is 96.7 cm³/mol. The molecule has 0 fully saturated rings. The van der Waals surface area contributed by atoms with E-state index in [1.165, 1.54) is 26.4 Å². The summed E-state index contributed by atoms with van der Waals surface area (Å²) in [5.74, 6) is 0.315. The summed E-state index contributed by atoms with van der Waals surface area (Å²) in [6.07, 6.45) is 1.44. The van der Waals surface area contributed by atoms with Gasteiger partial charge in [-0.2, -0.15) is 0 Å². The van der Waals surface area contributed by atoms with E-state index >= 15 is 0 Å². The van der Waals surface area contributed by atoms with Gasteiger partial charge in [0, 0.05) is 6.04 Å². The minimum absolute atomic E-state index is 0.203. The molecule has 0 amide bonds. The Labute approximate surface area is 153 Å². The summed E-state index contributed by atoms with van der Waals surface area (Å²) in [6.45, 7) is 0. The van der Waals surface area contributed by atoms with Gasteiger partial charge in [0.1, 0.15) is 5.75 Å². The second kappa shape index (κ2) is 7.47. The van der Waals surface area contributed by atoms with Gasteiger partial charge < -0.3 is 9.47 Å². The Morgan fingerprint density at radius 3 is 2.42 bits per heavy atom. The highest BCUT2D eigenvalue weighted by molar-refractivity contribution is 7.89. The Kier molecular flexibility index (Phi) is 5.29. The second-order valence-electron chi connectivity index (χ2n) is 6.26. The lowest BCUT2D eigenvalue weighted by atomic mass is 10.0. The zero-order valence-electron chi connectivity index (χ0n) is 14.7. The van der Waals surface area contributed by atoms with E-state index in [1.807, 2.05) is 18.2 Å². The molecule has 0 aromatic heterocycles. The van der Waals surface area contributed by atoms with E-state index in [4.69, 9.17) is 4.74 Å². The van der Waals surface area contributed by atoms with Gasteiger partial charge in [-0.3, -0.25) is 4.79 Å². The molecule has 0 bridgehead atoms. The Morgan fingerprint density at radius 1 is 1.08 bits per heavy atom. The fraction of sp³-hybridized carbons (Fsp3) is 0.316. The van der Waals surface area contributed by atoms with Crippen molar-refractivity contribution in [3.8, 4) is 5.75 Å². The van der Waals surface area contributed by atoms with E-state index in [0.717, 1.165) is 16.7 Å². The van der Waals surface area contributed by atoms with Crippen molar-refractivity contribution < 1.29 is 22.7 Å². The minimum atomic E-state index is -3.60. The molecule has 1 N–H and O–H groups in total. The lowest BCUT2D eigenvalue weighted by molar-refractivity contribution is -0.139. The maximum Gasteiger partial charge on any atom is 0.309 e. The van der Waals surface area contributed by atoms with Gasteiger partial charge in [0.15, 0.2) is 0 Å². The average molecular weight is 375 g/mol. The van der Waals surface area contributed by atoms with Gasteiger partial charge >= 0.3 is 5.97 Å².